The molecule has 2 rings (SSSR count). The molecule has 0 heterocycles. The molecule has 3 heteroatoms. The van der Waals surface area contributed by atoms with Gasteiger partial charge >= 0.3 is 0 Å². The summed E-state index contributed by atoms with van der Waals surface area (Å²) in [4.78, 5) is 0. The van der Waals surface area contributed by atoms with Crippen LogP contribution in [0.3, 0.4) is 0 Å². The lowest BCUT2D eigenvalue weighted by atomic mass is 9.95. The van der Waals surface area contributed by atoms with E-state index < -0.39 is 0 Å². The maximum atomic E-state index is 13.7. The van der Waals surface area contributed by atoms with E-state index in [9.17, 15) is 4.39 Å². The van der Waals surface area contributed by atoms with Crippen LogP contribution in [0.4, 0.5) is 4.39 Å². The molecular weight excluding hydrogens is 305 g/mol. The van der Waals surface area contributed by atoms with E-state index in [4.69, 9.17) is 0 Å². The van der Waals surface area contributed by atoms with Gasteiger partial charge in [-0.2, -0.15) is 0 Å². The van der Waals surface area contributed by atoms with Crippen LogP contribution >= 0.6 is 15.9 Å². The standard InChI is InChI=1S/C16H17BrFN/c1-11-13(7-5-8-14(11)17)16(19-2)10-12-6-3-4-9-15(12)18/h3-9,16,19H,10H2,1-2H3. The Labute approximate surface area is 122 Å². The van der Waals surface area contributed by atoms with Crippen molar-refractivity contribution in [3.05, 3.63) is 69.4 Å². The van der Waals surface area contributed by atoms with Gasteiger partial charge < -0.3 is 5.32 Å². The van der Waals surface area contributed by atoms with Crippen LogP contribution in [0.15, 0.2) is 46.9 Å². The average Bonchev–Trinajstić information content (AvgIpc) is 2.41. The SMILES string of the molecule is CNC(Cc1ccccc1F)c1cccc(Br)c1C. The molecule has 0 bridgehead atoms. The summed E-state index contributed by atoms with van der Waals surface area (Å²) in [5.41, 5.74) is 3.12. The van der Waals surface area contributed by atoms with Crippen molar-refractivity contribution in [1.82, 2.24) is 5.32 Å². The van der Waals surface area contributed by atoms with Crippen molar-refractivity contribution in [2.24, 2.45) is 0 Å². The quantitative estimate of drug-likeness (QED) is 0.880. The molecule has 2 aromatic rings. The summed E-state index contributed by atoms with van der Waals surface area (Å²) in [6, 6.07) is 13.2. The van der Waals surface area contributed by atoms with E-state index in [1.807, 2.05) is 31.3 Å². The number of rotatable bonds is 4. The zero-order chi connectivity index (χ0) is 13.8. The van der Waals surface area contributed by atoms with Crippen LogP contribution in [0.1, 0.15) is 22.7 Å². The van der Waals surface area contributed by atoms with E-state index in [-0.39, 0.29) is 11.9 Å². The highest BCUT2D eigenvalue weighted by Gasteiger charge is 2.15. The molecule has 0 spiro atoms. The summed E-state index contributed by atoms with van der Waals surface area (Å²) in [7, 11) is 1.91. The average molecular weight is 322 g/mol. The molecule has 0 saturated heterocycles. The van der Waals surface area contributed by atoms with Crippen molar-refractivity contribution in [1.29, 1.82) is 0 Å². The number of benzene rings is 2. The molecule has 19 heavy (non-hydrogen) atoms. The second-order valence-electron chi connectivity index (χ2n) is 4.59. The minimum atomic E-state index is -0.143. The minimum Gasteiger partial charge on any atom is -0.313 e. The topological polar surface area (TPSA) is 12.0 Å². The molecule has 1 unspecified atom stereocenters. The van der Waals surface area contributed by atoms with E-state index >= 15 is 0 Å². The van der Waals surface area contributed by atoms with Crippen LogP contribution in [-0.2, 0) is 6.42 Å². The van der Waals surface area contributed by atoms with Crippen molar-refractivity contribution in [3.8, 4) is 0 Å². The van der Waals surface area contributed by atoms with Gasteiger partial charge in [-0.05, 0) is 49.2 Å². The van der Waals surface area contributed by atoms with Crippen LogP contribution in [0.5, 0.6) is 0 Å². The summed E-state index contributed by atoms with van der Waals surface area (Å²) in [5.74, 6) is -0.143. The van der Waals surface area contributed by atoms with E-state index in [2.05, 4.69) is 34.2 Å². The molecular formula is C16H17BrFN. The van der Waals surface area contributed by atoms with Crippen molar-refractivity contribution >= 4 is 15.9 Å². The summed E-state index contributed by atoms with van der Waals surface area (Å²) in [6.45, 7) is 2.07. The molecule has 0 fully saturated rings. The van der Waals surface area contributed by atoms with Crippen LogP contribution in [0.25, 0.3) is 0 Å². The van der Waals surface area contributed by atoms with Gasteiger partial charge in [-0.3, -0.25) is 0 Å². The molecule has 1 nitrogen and oxygen atoms in total. The van der Waals surface area contributed by atoms with Crippen LogP contribution < -0.4 is 5.32 Å². The summed E-state index contributed by atoms with van der Waals surface area (Å²) in [5, 5.41) is 3.27. The molecule has 0 saturated carbocycles. The highest BCUT2D eigenvalue weighted by Crippen LogP contribution is 2.27. The van der Waals surface area contributed by atoms with Gasteiger partial charge in [0, 0.05) is 10.5 Å². The van der Waals surface area contributed by atoms with Crippen LogP contribution in [0.2, 0.25) is 0 Å². The molecule has 0 aliphatic carbocycles. The Hall–Kier alpha value is -1.19. The van der Waals surface area contributed by atoms with Gasteiger partial charge in [0.1, 0.15) is 5.82 Å². The Bertz CT molecular complexity index is 568. The fourth-order valence-electron chi connectivity index (χ4n) is 2.25. The number of nitrogens with one attached hydrogen (secondary N) is 1. The van der Waals surface area contributed by atoms with Gasteiger partial charge in [0.15, 0.2) is 0 Å². The smallest absolute Gasteiger partial charge is 0.126 e. The maximum absolute atomic E-state index is 13.7. The first-order chi connectivity index (χ1) is 9.13. The van der Waals surface area contributed by atoms with Crippen molar-refractivity contribution < 1.29 is 4.39 Å². The third kappa shape index (κ3) is 3.23. The third-order valence-corrected chi connectivity index (χ3v) is 4.27. The van der Waals surface area contributed by atoms with Crippen LogP contribution in [-0.4, -0.2) is 7.05 Å². The number of halogens is 2. The van der Waals surface area contributed by atoms with Crippen molar-refractivity contribution in [3.63, 3.8) is 0 Å². The first-order valence-corrected chi connectivity index (χ1v) is 7.08. The molecule has 0 aliphatic heterocycles. The lowest BCUT2D eigenvalue weighted by Crippen LogP contribution is -2.20. The van der Waals surface area contributed by atoms with E-state index in [0.717, 1.165) is 10.0 Å². The normalized spacial score (nSPS) is 12.4. The largest absolute Gasteiger partial charge is 0.313 e. The fraction of sp³-hybridized carbons (Fsp3) is 0.250. The highest BCUT2D eigenvalue weighted by atomic mass is 79.9. The van der Waals surface area contributed by atoms with Gasteiger partial charge in [0.25, 0.3) is 0 Å². The summed E-state index contributed by atoms with van der Waals surface area (Å²) < 4.78 is 14.8. The second kappa shape index (κ2) is 6.31. The first-order valence-electron chi connectivity index (χ1n) is 6.29. The molecule has 100 valence electrons. The van der Waals surface area contributed by atoms with E-state index in [0.29, 0.717) is 6.42 Å². The lowest BCUT2D eigenvalue weighted by Gasteiger charge is -2.20. The molecule has 1 atom stereocenters. The molecule has 0 aromatic heterocycles. The Kier molecular flexibility index (Phi) is 4.72. The molecule has 0 aliphatic rings. The zero-order valence-electron chi connectivity index (χ0n) is 11.1. The van der Waals surface area contributed by atoms with E-state index in [1.54, 1.807) is 6.07 Å². The number of hydrogen-bond donors (Lipinski definition) is 1. The molecule has 2 aromatic carbocycles. The van der Waals surface area contributed by atoms with Gasteiger partial charge in [-0.25, -0.2) is 4.39 Å². The Morgan fingerprint density at radius 1 is 1.16 bits per heavy atom. The molecule has 1 N–H and O–H groups in total. The lowest BCUT2D eigenvalue weighted by molar-refractivity contribution is 0.552. The third-order valence-electron chi connectivity index (χ3n) is 3.42. The molecule has 0 amide bonds. The maximum Gasteiger partial charge on any atom is 0.126 e. The fourth-order valence-corrected chi connectivity index (χ4v) is 2.63. The summed E-state index contributed by atoms with van der Waals surface area (Å²) >= 11 is 3.54. The Balaban J connectivity index is 2.31. The van der Waals surface area contributed by atoms with Gasteiger partial charge in [0.05, 0.1) is 0 Å². The number of likely N-dealkylation sites (N-methyl/N-ethyl adjacent to an activating group) is 1. The van der Waals surface area contributed by atoms with Crippen molar-refractivity contribution in [2.45, 2.75) is 19.4 Å². The van der Waals surface area contributed by atoms with Crippen LogP contribution in [0, 0.1) is 12.7 Å². The second-order valence-corrected chi connectivity index (χ2v) is 5.45. The van der Waals surface area contributed by atoms with Crippen molar-refractivity contribution in [2.75, 3.05) is 7.05 Å². The minimum absolute atomic E-state index is 0.106. The van der Waals surface area contributed by atoms with Gasteiger partial charge in [-0.1, -0.05) is 46.3 Å². The van der Waals surface area contributed by atoms with E-state index in [1.165, 1.54) is 17.2 Å². The monoisotopic (exact) mass is 321 g/mol. The predicted molar refractivity (Wildman–Crippen MR) is 80.8 cm³/mol. The number of hydrogen-bond acceptors (Lipinski definition) is 1. The highest BCUT2D eigenvalue weighted by molar-refractivity contribution is 9.10. The summed E-state index contributed by atoms with van der Waals surface area (Å²) in [6.07, 6.45) is 0.639. The molecule has 0 radical (unpaired) electrons. The van der Waals surface area contributed by atoms with Gasteiger partial charge in [-0.15, -0.1) is 0 Å². The predicted octanol–water partition coefficient (Wildman–Crippen LogP) is 4.40. The Morgan fingerprint density at radius 2 is 1.89 bits per heavy atom. The van der Waals surface area contributed by atoms with Gasteiger partial charge in [0.2, 0.25) is 0 Å². The Morgan fingerprint density at radius 3 is 2.58 bits per heavy atom. The first kappa shape index (κ1) is 14.2. The zero-order valence-corrected chi connectivity index (χ0v) is 12.7.